The first-order chi connectivity index (χ1) is 5.59. The standard InChI is InChI=1S/C10H13BrO/c1-7(2)12-10-6-9(11)5-4-8(10)3/h4-7H,1-3H3. The predicted molar refractivity (Wildman–Crippen MR) is 54.6 cm³/mol. The van der Waals surface area contributed by atoms with Crippen molar-refractivity contribution in [3.05, 3.63) is 28.2 Å². The maximum Gasteiger partial charge on any atom is 0.123 e. The Hall–Kier alpha value is -0.500. The summed E-state index contributed by atoms with van der Waals surface area (Å²) in [5.74, 6) is 0.958. The Bertz CT molecular complexity index is 269. The third-order valence-corrected chi connectivity index (χ3v) is 2.01. The Morgan fingerprint density at radius 2 is 2.00 bits per heavy atom. The monoisotopic (exact) mass is 228 g/mol. The van der Waals surface area contributed by atoms with Crippen LogP contribution in [0.2, 0.25) is 0 Å². The summed E-state index contributed by atoms with van der Waals surface area (Å²) in [6, 6.07) is 6.06. The molecule has 0 radical (unpaired) electrons. The third kappa shape index (κ3) is 2.52. The molecular weight excluding hydrogens is 216 g/mol. The average molecular weight is 229 g/mol. The largest absolute Gasteiger partial charge is 0.491 e. The highest BCUT2D eigenvalue weighted by Gasteiger charge is 2.01. The van der Waals surface area contributed by atoms with Crippen LogP contribution in [0.3, 0.4) is 0 Å². The quantitative estimate of drug-likeness (QED) is 0.753. The molecule has 66 valence electrons. The van der Waals surface area contributed by atoms with E-state index in [9.17, 15) is 0 Å². The van der Waals surface area contributed by atoms with Crippen LogP contribution in [0.4, 0.5) is 0 Å². The first kappa shape index (κ1) is 9.59. The van der Waals surface area contributed by atoms with Gasteiger partial charge in [-0.3, -0.25) is 0 Å². The number of hydrogen-bond acceptors (Lipinski definition) is 1. The molecule has 1 aromatic rings. The molecule has 0 amide bonds. The first-order valence-electron chi connectivity index (χ1n) is 4.02. The molecule has 1 aromatic carbocycles. The summed E-state index contributed by atoms with van der Waals surface area (Å²) in [5.41, 5.74) is 1.17. The van der Waals surface area contributed by atoms with Crippen molar-refractivity contribution < 1.29 is 4.74 Å². The van der Waals surface area contributed by atoms with Gasteiger partial charge in [-0.2, -0.15) is 0 Å². The van der Waals surface area contributed by atoms with Crippen LogP contribution in [0.15, 0.2) is 22.7 Å². The smallest absolute Gasteiger partial charge is 0.123 e. The molecule has 0 fully saturated rings. The molecule has 0 unspecified atom stereocenters. The second-order valence-corrected chi connectivity index (χ2v) is 3.99. The Morgan fingerprint density at radius 3 is 2.58 bits per heavy atom. The molecule has 0 aliphatic rings. The minimum Gasteiger partial charge on any atom is -0.491 e. The molecule has 0 N–H and O–H groups in total. The summed E-state index contributed by atoms with van der Waals surface area (Å²) in [6.45, 7) is 6.10. The summed E-state index contributed by atoms with van der Waals surface area (Å²) < 4.78 is 6.65. The van der Waals surface area contributed by atoms with E-state index in [1.165, 1.54) is 5.56 Å². The summed E-state index contributed by atoms with van der Waals surface area (Å²) in [4.78, 5) is 0. The van der Waals surface area contributed by atoms with Crippen molar-refractivity contribution in [3.63, 3.8) is 0 Å². The van der Waals surface area contributed by atoms with Crippen molar-refractivity contribution in [1.82, 2.24) is 0 Å². The average Bonchev–Trinajstić information content (AvgIpc) is 1.96. The van der Waals surface area contributed by atoms with Gasteiger partial charge < -0.3 is 4.74 Å². The molecule has 0 saturated heterocycles. The van der Waals surface area contributed by atoms with E-state index in [2.05, 4.69) is 15.9 Å². The highest BCUT2D eigenvalue weighted by molar-refractivity contribution is 9.10. The molecular formula is C10H13BrO. The lowest BCUT2D eigenvalue weighted by molar-refractivity contribution is 0.240. The van der Waals surface area contributed by atoms with E-state index in [1.807, 2.05) is 39.0 Å². The van der Waals surface area contributed by atoms with Crippen LogP contribution in [0.1, 0.15) is 19.4 Å². The number of benzene rings is 1. The minimum absolute atomic E-state index is 0.234. The van der Waals surface area contributed by atoms with E-state index in [0.717, 1.165) is 10.2 Å². The Labute approximate surface area is 81.9 Å². The Balaban J connectivity index is 2.90. The van der Waals surface area contributed by atoms with E-state index in [1.54, 1.807) is 0 Å². The number of halogens is 1. The normalized spacial score (nSPS) is 10.4. The van der Waals surface area contributed by atoms with Gasteiger partial charge in [-0.25, -0.2) is 0 Å². The molecule has 0 aromatic heterocycles. The van der Waals surface area contributed by atoms with E-state index in [0.29, 0.717) is 0 Å². The molecule has 0 spiro atoms. The van der Waals surface area contributed by atoms with Gasteiger partial charge in [0.1, 0.15) is 5.75 Å². The molecule has 1 rings (SSSR count). The van der Waals surface area contributed by atoms with Gasteiger partial charge in [0.25, 0.3) is 0 Å². The van der Waals surface area contributed by atoms with Crippen molar-refractivity contribution in [1.29, 1.82) is 0 Å². The second-order valence-electron chi connectivity index (χ2n) is 3.08. The number of rotatable bonds is 2. The lowest BCUT2D eigenvalue weighted by atomic mass is 10.2. The topological polar surface area (TPSA) is 9.23 Å². The van der Waals surface area contributed by atoms with E-state index >= 15 is 0 Å². The van der Waals surface area contributed by atoms with Crippen molar-refractivity contribution in [2.75, 3.05) is 0 Å². The Kier molecular flexibility index (Phi) is 3.15. The molecule has 0 atom stereocenters. The van der Waals surface area contributed by atoms with Crippen molar-refractivity contribution in [3.8, 4) is 5.75 Å². The number of hydrogen-bond donors (Lipinski definition) is 0. The lowest BCUT2D eigenvalue weighted by Gasteiger charge is -2.12. The third-order valence-electron chi connectivity index (χ3n) is 1.51. The van der Waals surface area contributed by atoms with Gasteiger partial charge >= 0.3 is 0 Å². The lowest BCUT2D eigenvalue weighted by Crippen LogP contribution is -2.06. The van der Waals surface area contributed by atoms with Crippen molar-refractivity contribution in [2.24, 2.45) is 0 Å². The number of ether oxygens (including phenoxy) is 1. The van der Waals surface area contributed by atoms with Crippen LogP contribution >= 0.6 is 15.9 Å². The molecule has 1 nitrogen and oxygen atoms in total. The fourth-order valence-corrected chi connectivity index (χ4v) is 1.29. The van der Waals surface area contributed by atoms with E-state index < -0.39 is 0 Å². The first-order valence-corrected chi connectivity index (χ1v) is 4.81. The van der Waals surface area contributed by atoms with Crippen molar-refractivity contribution in [2.45, 2.75) is 26.9 Å². The van der Waals surface area contributed by atoms with Crippen molar-refractivity contribution >= 4 is 15.9 Å². The molecule has 0 bridgehead atoms. The van der Waals surface area contributed by atoms with Gasteiger partial charge in [-0.15, -0.1) is 0 Å². The zero-order valence-corrected chi connectivity index (χ0v) is 9.18. The molecule has 2 heteroatoms. The summed E-state index contributed by atoms with van der Waals surface area (Å²) >= 11 is 3.41. The van der Waals surface area contributed by atoms with Crippen LogP contribution in [-0.2, 0) is 0 Å². The highest BCUT2D eigenvalue weighted by atomic mass is 79.9. The summed E-state index contributed by atoms with van der Waals surface area (Å²) in [5, 5.41) is 0. The van der Waals surface area contributed by atoms with Crippen LogP contribution < -0.4 is 4.74 Å². The highest BCUT2D eigenvalue weighted by Crippen LogP contribution is 2.23. The molecule has 0 aliphatic heterocycles. The molecule has 0 aliphatic carbocycles. The van der Waals surface area contributed by atoms with Gasteiger partial charge in [0.05, 0.1) is 6.10 Å². The molecule has 12 heavy (non-hydrogen) atoms. The van der Waals surface area contributed by atoms with Gasteiger partial charge in [0.15, 0.2) is 0 Å². The van der Waals surface area contributed by atoms with Gasteiger partial charge in [0.2, 0.25) is 0 Å². The van der Waals surface area contributed by atoms with Crippen LogP contribution in [0.5, 0.6) is 5.75 Å². The Morgan fingerprint density at radius 1 is 1.33 bits per heavy atom. The van der Waals surface area contributed by atoms with Crippen LogP contribution in [-0.4, -0.2) is 6.10 Å². The molecule has 0 heterocycles. The number of aryl methyl sites for hydroxylation is 1. The fraction of sp³-hybridized carbons (Fsp3) is 0.400. The van der Waals surface area contributed by atoms with E-state index in [-0.39, 0.29) is 6.10 Å². The molecule has 0 saturated carbocycles. The van der Waals surface area contributed by atoms with Gasteiger partial charge in [-0.05, 0) is 38.5 Å². The maximum absolute atomic E-state index is 5.60. The zero-order chi connectivity index (χ0) is 9.14. The van der Waals surface area contributed by atoms with Crippen LogP contribution in [0.25, 0.3) is 0 Å². The van der Waals surface area contributed by atoms with Gasteiger partial charge in [0, 0.05) is 4.47 Å². The zero-order valence-electron chi connectivity index (χ0n) is 7.60. The van der Waals surface area contributed by atoms with Gasteiger partial charge in [-0.1, -0.05) is 22.0 Å². The fourth-order valence-electron chi connectivity index (χ4n) is 0.955. The summed E-state index contributed by atoms with van der Waals surface area (Å²) in [7, 11) is 0. The maximum atomic E-state index is 5.60. The predicted octanol–water partition coefficient (Wildman–Crippen LogP) is 3.54. The summed E-state index contributed by atoms with van der Waals surface area (Å²) in [6.07, 6.45) is 0.234. The minimum atomic E-state index is 0.234. The second kappa shape index (κ2) is 3.94. The van der Waals surface area contributed by atoms with Crippen LogP contribution in [0, 0.1) is 6.92 Å². The van der Waals surface area contributed by atoms with E-state index in [4.69, 9.17) is 4.74 Å². The SMILES string of the molecule is Cc1ccc(Br)cc1OC(C)C.